The maximum absolute atomic E-state index is 12.9. The summed E-state index contributed by atoms with van der Waals surface area (Å²) in [5, 5.41) is 2.02. The van der Waals surface area contributed by atoms with Gasteiger partial charge in [-0.25, -0.2) is 0 Å². The minimum absolute atomic E-state index is 0.165. The van der Waals surface area contributed by atoms with Crippen molar-refractivity contribution in [2.45, 2.75) is 18.9 Å². The van der Waals surface area contributed by atoms with Crippen molar-refractivity contribution in [2.75, 3.05) is 27.2 Å². The van der Waals surface area contributed by atoms with E-state index in [0.717, 1.165) is 41.9 Å². The number of benzene rings is 1. The van der Waals surface area contributed by atoms with Crippen LogP contribution >= 0.6 is 11.3 Å². The predicted octanol–water partition coefficient (Wildman–Crippen LogP) is 2.16. The van der Waals surface area contributed by atoms with Gasteiger partial charge >= 0.3 is 0 Å². The van der Waals surface area contributed by atoms with Crippen LogP contribution in [0.15, 0.2) is 41.8 Å². The molecule has 0 spiro atoms. The summed E-state index contributed by atoms with van der Waals surface area (Å²) in [4.78, 5) is 17.3. The molecule has 1 aromatic heterocycles. The molecular formula is C18H23N2OS+. The zero-order valence-corrected chi connectivity index (χ0v) is 14.0. The molecule has 1 amide bonds. The van der Waals surface area contributed by atoms with Crippen molar-refractivity contribution >= 4 is 17.2 Å². The van der Waals surface area contributed by atoms with Gasteiger partial charge in [0.1, 0.15) is 0 Å². The van der Waals surface area contributed by atoms with E-state index in [4.69, 9.17) is 0 Å². The second-order valence-corrected chi connectivity index (χ2v) is 7.05. The van der Waals surface area contributed by atoms with Gasteiger partial charge in [-0.15, -0.1) is 11.3 Å². The molecule has 22 heavy (non-hydrogen) atoms. The second-order valence-electron chi connectivity index (χ2n) is 6.13. The number of nitrogens with zero attached hydrogens (tertiary/aromatic N) is 1. The van der Waals surface area contributed by atoms with Crippen LogP contribution in [0.3, 0.4) is 0 Å². The van der Waals surface area contributed by atoms with Crippen LogP contribution in [0, 0.1) is 0 Å². The highest BCUT2D eigenvalue weighted by atomic mass is 32.1. The lowest BCUT2D eigenvalue weighted by Gasteiger charge is -2.33. The third kappa shape index (κ3) is 3.08. The van der Waals surface area contributed by atoms with Gasteiger partial charge in [-0.1, -0.05) is 30.3 Å². The van der Waals surface area contributed by atoms with E-state index in [1.54, 1.807) is 16.2 Å². The van der Waals surface area contributed by atoms with E-state index in [-0.39, 0.29) is 5.91 Å². The van der Waals surface area contributed by atoms with Gasteiger partial charge in [-0.3, -0.25) is 4.79 Å². The average molecular weight is 315 g/mol. The highest BCUT2D eigenvalue weighted by Crippen LogP contribution is 2.29. The van der Waals surface area contributed by atoms with E-state index in [2.05, 4.69) is 25.2 Å². The van der Waals surface area contributed by atoms with E-state index < -0.39 is 0 Å². The van der Waals surface area contributed by atoms with E-state index in [1.165, 1.54) is 0 Å². The number of rotatable bonds is 3. The number of thiophene rings is 1. The molecule has 0 radical (unpaired) electrons. The second kappa shape index (κ2) is 6.63. The van der Waals surface area contributed by atoms with Crippen LogP contribution in [0.4, 0.5) is 0 Å². The first kappa shape index (κ1) is 15.3. The van der Waals surface area contributed by atoms with E-state index >= 15 is 0 Å². The summed E-state index contributed by atoms with van der Waals surface area (Å²) in [6, 6.07) is 12.6. The molecule has 1 fully saturated rings. The van der Waals surface area contributed by atoms with Gasteiger partial charge in [0.2, 0.25) is 0 Å². The van der Waals surface area contributed by atoms with Crippen LogP contribution in [-0.4, -0.2) is 44.0 Å². The molecule has 116 valence electrons. The van der Waals surface area contributed by atoms with Crippen molar-refractivity contribution in [3.8, 4) is 11.1 Å². The Morgan fingerprint density at radius 1 is 1.18 bits per heavy atom. The van der Waals surface area contributed by atoms with Crippen LogP contribution < -0.4 is 4.90 Å². The Kier molecular flexibility index (Phi) is 4.60. The van der Waals surface area contributed by atoms with Gasteiger partial charge in [0.15, 0.2) is 0 Å². The van der Waals surface area contributed by atoms with Crippen molar-refractivity contribution in [2.24, 2.45) is 0 Å². The number of hydrogen-bond donors (Lipinski definition) is 1. The molecule has 0 atom stereocenters. The summed E-state index contributed by atoms with van der Waals surface area (Å²) in [6.07, 6.45) is 2.19. The summed E-state index contributed by atoms with van der Waals surface area (Å²) in [5.41, 5.74) is 2.18. The number of nitrogens with one attached hydrogen (secondary N) is 1. The lowest BCUT2D eigenvalue weighted by molar-refractivity contribution is -0.885. The van der Waals surface area contributed by atoms with Crippen LogP contribution in [0.5, 0.6) is 0 Å². The van der Waals surface area contributed by atoms with Crippen molar-refractivity contribution in [1.82, 2.24) is 4.90 Å². The molecule has 3 rings (SSSR count). The third-order valence-corrected chi connectivity index (χ3v) is 5.52. The molecule has 0 unspecified atom stereocenters. The van der Waals surface area contributed by atoms with Crippen molar-refractivity contribution < 1.29 is 9.69 Å². The summed E-state index contributed by atoms with van der Waals surface area (Å²) < 4.78 is 0. The van der Waals surface area contributed by atoms with Crippen LogP contribution in [0.25, 0.3) is 11.1 Å². The summed E-state index contributed by atoms with van der Waals surface area (Å²) in [5.74, 6) is 0.165. The smallest absolute Gasteiger partial charge is 0.264 e. The number of piperidine rings is 1. The minimum atomic E-state index is 0.165. The monoisotopic (exact) mass is 315 g/mol. The Hall–Kier alpha value is -1.65. The fraction of sp³-hybridized carbons (Fsp3) is 0.389. The van der Waals surface area contributed by atoms with E-state index in [1.807, 2.05) is 35.5 Å². The maximum Gasteiger partial charge on any atom is 0.264 e. The summed E-state index contributed by atoms with van der Waals surface area (Å²) in [7, 11) is 4.19. The fourth-order valence-electron chi connectivity index (χ4n) is 3.13. The SMILES string of the molecule is CN(C(=O)c1sccc1-c1ccccc1)C1CC[NH+](C)CC1. The van der Waals surface area contributed by atoms with Gasteiger partial charge in [0.05, 0.1) is 25.0 Å². The van der Waals surface area contributed by atoms with E-state index in [9.17, 15) is 4.79 Å². The number of hydrogen-bond acceptors (Lipinski definition) is 2. The molecule has 1 aliphatic heterocycles. The molecule has 1 aliphatic rings. The Bertz CT molecular complexity index is 630. The third-order valence-electron chi connectivity index (χ3n) is 4.62. The molecule has 2 aromatic rings. The molecular weight excluding hydrogens is 292 g/mol. The van der Waals surface area contributed by atoms with Gasteiger partial charge in [-0.2, -0.15) is 0 Å². The quantitative estimate of drug-likeness (QED) is 0.922. The van der Waals surface area contributed by atoms with Gasteiger partial charge in [0, 0.05) is 31.5 Å². The molecule has 3 nitrogen and oxygen atoms in total. The van der Waals surface area contributed by atoms with Crippen LogP contribution in [0.2, 0.25) is 0 Å². The number of likely N-dealkylation sites (tertiary alicyclic amines) is 1. The molecule has 4 heteroatoms. The topological polar surface area (TPSA) is 24.8 Å². The lowest BCUT2D eigenvalue weighted by Crippen LogP contribution is -3.10. The largest absolute Gasteiger partial charge is 0.338 e. The van der Waals surface area contributed by atoms with Crippen molar-refractivity contribution in [1.29, 1.82) is 0 Å². The van der Waals surface area contributed by atoms with Gasteiger partial charge in [-0.05, 0) is 17.0 Å². The van der Waals surface area contributed by atoms with E-state index in [0.29, 0.717) is 6.04 Å². The van der Waals surface area contributed by atoms with Gasteiger partial charge < -0.3 is 9.80 Å². The molecule has 1 aromatic carbocycles. The number of amides is 1. The highest BCUT2D eigenvalue weighted by Gasteiger charge is 2.28. The standard InChI is InChI=1S/C18H22N2OS/c1-19-11-8-15(9-12-19)20(2)18(21)17-16(10-13-22-17)14-6-4-3-5-7-14/h3-7,10,13,15H,8-9,11-12H2,1-2H3/p+1. The van der Waals surface area contributed by atoms with Crippen LogP contribution in [-0.2, 0) is 0 Å². The number of carbonyl (C=O) groups is 1. The first-order chi connectivity index (χ1) is 10.7. The summed E-state index contributed by atoms with van der Waals surface area (Å²) in [6.45, 7) is 2.30. The molecule has 0 saturated carbocycles. The van der Waals surface area contributed by atoms with Gasteiger partial charge in [0.25, 0.3) is 5.91 Å². The molecule has 0 aliphatic carbocycles. The maximum atomic E-state index is 12.9. The Morgan fingerprint density at radius 3 is 2.55 bits per heavy atom. The predicted molar refractivity (Wildman–Crippen MR) is 91.5 cm³/mol. The molecule has 1 N–H and O–H groups in total. The average Bonchev–Trinajstić information content (AvgIpc) is 3.04. The Labute approximate surface area is 136 Å². The van der Waals surface area contributed by atoms with Crippen molar-refractivity contribution in [3.05, 3.63) is 46.7 Å². The Morgan fingerprint density at radius 2 is 1.86 bits per heavy atom. The highest BCUT2D eigenvalue weighted by molar-refractivity contribution is 7.12. The van der Waals surface area contributed by atoms with Crippen molar-refractivity contribution in [3.63, 3.8) is 0 Å². The lowest BCUT2D eigenvalue weighted by atomic mass is 10.0. The van der Waals surface area contributed by atoms with Crippen LogP contribution in [0.1, 0.15) is 22.5 Å². The number of carbonyl (C=O) groups excluding carboxylic acids is 1. The molecule has 0 bridgehead atoms. The number of quaternary nitrogens is 1. The molecule has 1 saturated heterocycles. The fourth-order valence-corrected chi connectivity index (χ4v) is 4.03. The first-order valence-electron chi connectivity index (χ1n) is 7.88. The Balaban J connectivity index is 1.80. The zero-order chi connectivity index (χ0) is 15.5. The zero-order valence-electron chi connectivity index (χ0n) is 13.2. The first-order valence-corrected chi connectivity index (χ1v) is 8.76. The molecule has 2 heterocycles. The summed E-state index contributed by atoms with van der Waals surface area (Å²) >= 11 is 1.55. The minimum Gasteiger partial charge on any atom is -0.338 e. The normalized spacial score (nSPS) is 21.5.